The first kappa shape index (κ1) is 20.8. The van der Waals surface area contributed by atoms with E-state index in [0.29, 0.717) is 16.5 Å². The lowest BCUT2D eigenvalue weighted by Crippen LogP contribution is -2.09. The number of methoxy groups -OCH3 is 1. The van der Waals surface area contributed by atoms with Crippen LogP contribution in [0.2, 0.25) is 0 Å². The van der Waals surface area contributed by atoms with E-state index in [-0.39, 0.29) is 35.3 Å². The fraction of sp³-hybridized carbons (Fsp3) is 0.118. The zero-order chi connectivity index (χ0) is 19.6. The van der Waals surface area contributed by atoms with Crippen LogP contribution in [0.25, 0.3) is 10.9 Å². The fourth-order valence-electron chi connectivity index (χ4n) is 2.38. The molecule has 0 aliphatic carbocycles. The zero-order valence-electron chi connectivity index (χ0n) is 14.6. The third-order valence-electron chi connectivity index (χ3n) is 3.71. The Morgan fingerprint density at radius 1 is 1.25 bits per heavy atom. The highest BCUT2D eigenvalue weighted by atomic mass is 35.5. The number of ether oxygens (including phenoxy) is 2. The van der Waals surface area contributed by atoms with Gasteiger partial charge in [-0.3, -0.25) is 10.1 Å². The number of aromatic nitrogens is 2. The Kier molecular flexibility index (Phi) is 6.26. The molecular weight excluding hydrogens is 395 g/mol. The van der Waals surface area contributed by atoms with Crippen molar-refractivity contribution in [3.05, 3.63) is 58.2 Å². The van der Waals surface area contributed by atoms with Gasteiger partial charge in [0.1, 0.15) is 23.7 Å². The summed E-state index contributed by atoms with van der Waals surface area (Å²) in [5.41, 5.74) is 0.590. The van der Waals surface area contributed by atoms with Gasteiger partial charge in [0.15, 0.2) is 0 Å². The lowest BCUT2D eigenvalue weighted by molar-refractivity contribution is -0.384. The topological polar surface area (TPSA) is 116 Å². The number of benzene rings is 2. The molecule has 28 heavy (non-hydrogen) atoms. The van der Waals surface area contributed by atoms with E-state index in [4.69, 9.17) is 4.74 Å². The van der Waals surface area contributed by atoms with Crippen LogP contribution in [0.4, 0.5) is 26.4 Å². The van der Waals surface area contributed by atoms with Gasteiger partial charge >= 0.3 is 6.16 Å². The summed E-state index contributed by atoms with van der Waals surface area (Å²) >= 11 is 0. The fourth-order valence-corrected chi connectivity index (χ4v) is 2.38. The molecule has 2 aromatic carbocycles. The largest absolute Gasteiger partial charge is 0.513 e. The Balaban J connectivity index is 0.00000280. The van der Waals surface area contributed by atoms with Crippen LogP contribution in [-0.4, -0.2) is 28.2 Å². The van der Waals surface area contributed by atoms with Crippen molar-refractivity contribution in [2.45, 2.75) is 6.92 Å². The Hall–Kier alpha value is -3.53. The molecule has 0 unspecified atom stereocenters. The van der Waals surface area contributed by atoms with Crippen LogP contribution in [0.3, 0.4) is 0 Å². The highest BCUT2D eigenvalue weighted by molar-refractivity contribution is 5.92. The molecule has 0 amide bonds. The summed E-state index contributed by atoms with van der Waals surface area (Å²) in [4.78, 5) is 29.7. The number of nitro benzene ring substituents is 1. The maximum Gasteiger partial charge on any atom is 0.513 e. The summed E-state index contributed by atoms with van der Waals surface area (Å²) in [6.45, 7) is 1.57. The van der Waals surface area contributed by atoms with Crippen LogP contribution in [0, 0.1) is 22.9 Å². The number of hydrogen-bond acceptors (Lipinski definition) is 8. The quantitative estimate of drug-likeness (QED) is 0.294. The molecule has 0 fully saturated rings. The van der Waals surface area contributed by atoms with Gasteiger partial charge in [0.05, 0.1) is 23.2 Å². The first-order valence-corrected chi connectivity index (χ1v) is 7.61. The van der Waals surface area contributed by atoms with E-state index in [0.717, 1.165) is 7.11 Å². The molecule has 0 saturated carbocycles. The van der Waals surface area contributed by atoms with E-state index < -0.39 is 16.9 Å². The van der Waals surface area contributed by atoms with Gasteiger partial charge in [0, 0.05) is 23.6 Å². The molecule has 0 saturated heterocycles. The molecule has 3 rings (SSSR count). The molecule has 1 aromatic heterocycles. The molecular formula is C17H14ClFN4O5. The van der Waals surface area contributed by atoms with Gasteiger partial charge < -0.3 is 14.8 Å². The number of carbonyl (C=O) groups is 1. The second-order valence-electron chi connectivity index (χ2n) is 5.46. The van der Waals surface area contributed by atoms with Gasteiger partial charge in [-0.25, -0.2) is 19.2 Å². The Bertz CT molecular complexity index is 1060. The van der Waals surface area contributed by atoms with Gasteiger partial charge in [-0.15, -0.1) is 12.4 Å². The van der Waals surface area contributed by atoms with Crippen molar-refractivity contribution in [2.24, 2.45) is 0 Å². The molecule has 11 heteroatoms. The van der Waals surface area contributed by atoms with Crippen molar-refractivity contribution in [2.75, 3.05) is 12.4 Å². The molecule has 1 N–H and O–H groups in total. The molecule has 0 bridgehead atoms. The number of halogens is 2. The molecule has 0 aliphatic heterocycles. The minimum atomic E-state index is -0.935. The Labute approximate surface area is 164 Å². The summed E-state index contributed by atoms with van der Waals surface area (Å²) in [6.07, 6.45) is 0.266. The van der Waals surface area contributed by atoms with E-state index in [9.17, 15) is 19.3 Å². The number of fused-ring (bicyclic) bond motifs is 1. The summed E-state index contributed by atoms with van der Waals surface area (Å²) in [7, 11) is 1.16. The van der Waals surface area contributed by atoms with Crippen molar-refractivity contribution in [1.29, 1.82) is 0 Å². The van der Waals surface area contributed by atoms with Gasteiger partial charge in [0.25, 0.3) is 5.69 Å². The van der Waals surface area contributed by atoms with Crippen LogP contribution in [0.15, 0.2) is 36.7 Å². The molecule has 146 valence electrons. The zero-order valence-corrected chi connectivity index (χ0v) is 15.4. The first-order chi connectivity index (χ1) is 12.9. The van der Waals surface area contributed by atoms with Crippen molar-refractivity contribution >= 4 is 46.7 Å². The van der Waals surface area contributed by atoms with E-state index in [1.807, 2.05) is 0 Å². The van der Waals surface area contributed by atoms with Crippen LogP contribution in [0.1, 0.15) is 5.56 Å². The van der Waals surface area contributed by atoms with E-state index in [1.165, 1.54) is 36.7 Å². The van der Waals surface area contributed by atoms with Gasteiger partial charge in [0.2, 0.25) is 0 Å². The van der Waals surface area contributed by atoms with E-state index >= 15 is 0 Å². The summed E-state index contributed by atoms with van der Waals surface area (Å²) in [6, 6.07) is 6.54. The van der Waals surface area contributed by atoms with Crippen LogP contribution in [-0.2, 0) is 4.74 Å². The lowest BCUT2D eigenvalue weighted by Gasteiger charge is -2.12. The third-order valence-corrected chi connectivity index (χ3v) is 3.71. The number of nitrogens with one attached hydrogen (secondary N) is 1. The molecule has 0 aliphatic rings. The Morgan fingerprint density at radius 3 is 2.68 bits per heavy atom. The SMILES string of the molecule is COC(=O)Oc1cc(Nc2ncnc3cc([N+](=O)[O-])ccc23)c(F)cc1C.Cl. The average Bonchev–Trinajstić information content (AvgIpc) is 2.65. The van der Waals surface area contributed by atoms with Gasteiger partial charge in [-0.05, 0) is 24.6 Å². The molecule has 3 aromatic rings. The van der Waals surface area contributed by atoms with Crippen LogP contribution >= 0.6 is 12.4 Å². The standard InChI is InChI=1S/C17H13FN4O5.ClH/c1-9-5-12(18)14(7-15(9)27-17(23)26-2)21-16-11-4-3-10(22(24)25)6-13(11)19-8-20-16;/h3-8H,1-2H3,(H,19,20,21);1H. The number of nitro groups is 1. The summed E-state index contributed by atoms with van der Waals surface area (Å²) in [5, 5.41) is 14.1. The van der Waals surface area contributed by atoms with Crippen molar-refractivity contribution < 1.29 is 23.6 Å². The summed E-state index contributed by atoms with van der Waals surface area (Å²) < 4.78 is 23.8. The van der Waals surface area contributed by atoms with Crippen LogP contribution < -0.4 is 10.1 Å². The lowest BCUT2D eigenvalue weighted by atomic mass is 10.1. The molecule has 9 nitrogen and oxygen atoms in total. The monoisotopic (exact) mass is 408 g/mol. The number of non-ortho nitro benzene ring substituents is 1. The highest BCUT2D eigenvalue weighted by Gasteiger charge is 2.15. The third kappa shape index (κ3) is 4.23. The second kappa shape index (κ2) is 8.44. The molecule has 0 atom stereocenters. The number of aryl methyl sites for hydroxylation is 1. The average molecular weight is 409 g/mol. The molecule has 1 heterocycles. The normalized spacial score (nSPS) is 10.1. The number of carbonyl (C=O) groups excluding carboxylic acids is 1. The second-order valence-corrected chi connectivity index (χ2v) is 5.46. The highest BCUT2D eigenvalue weighted by Crippen LogP contribution is 2.31. The predicted molar refractivity (Wildman–Crippen MR) is 101 cm³/mol. The number of hydrogen-bond donors (Lipinski definition) is 1. The minimum absolute atomic E-state index is 0. The minimum Gasteiger partial charge on any atom is -0.437 e. The molecule has 0 radical (unpaired) electrons. The van der Waals surface area contributed by atoms with Gasteiger partial charge in [-0.2, -0.15) is 0 Å². The maximum absolute atomic E-state index is 14.3. The number of nitrogens with zero attached hydrogens (tertiary/aromatic N) is 3. The van der Waals surface area contributed by atoms with E-state index in [1.54, 1.807) is 6.92 Å². The van der Waals surface area contributed by atoms with Crippen molar-refractivity contribution in [1.82, 2.24) is 9.97 Å². The van der Waals surface area contributed by atoms with E-state index in [2.05, 4.69) is 20.0 Å². The predicted octanol–water partition coefficient (Wildman–Crippen LogP) is 4.30. The summed E-state index contributed by atoms with van der Waals surface area (Å²) in [5.74, 6) is -0.250. The molecule has 0 spiro atoms. The Morgan fingerprint density at radius 2 is 2.00 bits per heavy atom. The smallest absolute Gasteiger partial charge is 0.437 e. The number of rotatable bonds is 4. The first-order valence-electron chi connectivity index (χ1n) is 7.61. The maximum atomic E-state index is 14.3. The van der Waals surface area contributed by atoms with Gasteiger partial charge in [-0.1, -0.05) is 0 Å². The van der Waals surface area contributed by atoms with Crippen LogP contribution in [0.5, 0.6) is 5.75 Å². The van der Waals surface area contributed by atoms with Crippen molar-refractivity contribution in [3.8, 4) is 5.75 Å². The van der Waals surface area contributed by atoms with Crippen molar-refractivity contribution in [3.63, 3.8) is 0 Å². The number of anilines is 2.